The van der Waals surface area contributed by atoms with Crippen LogP contribution < -0.4 is 4.90 Å². The number of carbonyl (C=O) groups is 1. The number of hydrogen-bond acceptors (Lipinski definition) is 3. The van der Waals surface area contributed by atoms with E-state index < -0.39 is 5.60 Å². The lowest BCUT2D eigenvalue weighted by Crippen LogP contribution is -2.63. The van der Waals surface area contributed by atoms with Crippen LogP contribution in [0, 0.1) is 0 Å². The van der Waals surface area contributed by atoms with Gasteiger partial charge >= 0.3 is 0 Å². The molecule has 0 atom stereocenters. The molecule has 1 aliphatic rings. The third-order valence-corrected chi connectivity index (χ3v) is 4.12. The van der Waals surface area contributed by atoms with Crippen LogP contribution in [-0.4, -0.2) is 48.7 Å². The summed E-state index contributed by atoms with van der Waals surface area (Å²) in [5, 5.41) is 10.1. The van der Waals surface area contributed by atoms with Crippen LogP contribution in [0.1, 0.15) is 31.7 Å². The van der Waals surface area contributed by atoms with Crippen molar-refractivity contribution >= 4 is 11.6 Å². The molecule has 1 amide bonds. The van der Waals surface area contributed by atoms with Crippen LogP contribution in [0.2, 0.25) is 0 Å². The summed E-state index contributed by atoms with van der Waals surface area (Å²) >= 11 is 0. The molecule has 4 nitrogen and oxygen atoms in total. The largest absolute Gasteiger partial charge is 0.386 e. The van der Waals surface area contributed by atoms with Gasteiger partial charge in [0.2, 0.25) is 5.91 Å². The minimum Gasteiger partial charge on any atom is -0.386 e. The predicted octanol–water partition coefficient (Wildman–Crippen LogP) is 2.06. The first-order chi connectivity index (χ1) is 9.93. The van der Waals surface area contributed by atoms with Gasteiger partial charge in [0.1, 0.15) is 0 Å². The summed E-state index contributed by atoms with van der Waals surface area (Å²) < 4.78 is 0. The third kappa shape index (κ3) is 3.97. The molecule has 0 bridgehead atoms. The molecule has 4 heteroatoms. The second-order valence-corrected chi connectivity index (χ2v) is 6.29. The molecule has 1 heterocycles. The number of rotatable bonds is 6. The Morgan fingerprint density at radius 2 is 1.90 bits per heavy atom. The van der Waals surface area contributed by atoms with E-state index in [-0.39, 0.29) is 5.91 Å². The molecule has 0 spiro atoms. The van der Waals surface area contributed by atoms with E-state index in [9.17, 15) is 9.90 Å². The Morgan fingerprint density at radius 3 is 2.43 bits per heavy atom. The molecule has 1 aliphatic heterocycles. The van der Waals surface area contributed by atoms with E-state index in [1.807, 2.05) is 14.1 Å². The zero-order valence-electron chi connectivity index (χ0n) is 13.3. The number of nitrogens with zero attached hydrogens (tertiary/aromatic N) is 2. The number of benzene rings is 1. The van der Waals surface area contributed by atoms with Gasteiger partial charge in [0, 0.05) is 26.2 Å². The smallest absolute Gasteiger partial charge is 0.223 e. The summed E-state index contributed by atoms with van der Waals surface area (Å²) in [6, 6.07) is 8.30. The SMILES string of the molecule is CCCC1(O)CN(C(=O)CCc2ccc(N(C)C)cc2)C1. The molecule has 1 saturated heterocycles. The van der Waals surface area contributed by atoms with Crippen LogP contribution >= 0.6 is 0 Å². The van der Waals surface area contributed by atoms with Crippen molar-refractivity contribution in [2.75, 3.05) is 32.1 Å². The Balaban J connectivity index is 1.77. The van der Waals surface area contributed by atoms with Crippen LogP contribution in [0.15, 0.2) is 24.3 Å². The first kappa shape index (κ1) is 15.8. The fourth-order valence-corrected chi connectivity index (χ4v) is 2.83. The zero-order chi connectivity index (χ0) is 15.5. The standard InChI is InChI=1S/C17H26N2O2/c1-4-11-17(21)12-19(13-17)16(20)10-7-14-5-8-15(9-6-14)18(2)3/h5-6,8-9,21H,4,7,10-13H2,1-3H3. The van der Waals surface area contributed by atoms with Crippen LogP contribution in [0.3, 0.4) is 0 Å². The van der Waals surface area contributed by atoms with E-state index >= 15 is 0 Å². The molecule has 0 radical (unpaired) electrons. The van der Waals surface area contributed by atoms with E-state index in [1.54, 1.807) is 4.90 Å². The van der Waals surface area contributed by atoms with Crippen LogP contribution in [-0.2, 0) is 11.2 Å². The molecular formula is C17H26N2O2. The average molecular weight is 290 g/mol. The van der Waals surface area contributed by atoms with Crippen molar-refractivity contribution in [2.24, 2.45) is 0 Å². The second kappa shape index (κ2) is 6.48. The fourth-order valence-electron chi connectivity index (χ4n) is 2.83. The highest BCUT2D eigenvalue weighted by Gasteiger charge is 2.42. The van der Waals surface area contributed by atoms with Gasteiger partial charge in [0.15, 0.2) is 0 Å². The van der Waals surface area contributed by atoms with E-state index in [0.29, 0.717) is 19.5 Å². The number of aliphatic hydroxyl groups is 1. The van der Waals surface area contributed by atoms with Gasteiger partial charge in [-0.05, 0) is 30.5 Å². The van der Waals surface area contributed by atoms with Gasteiger partial charge in [-0.15, -0.1) is 0 Å². The van der Waals surface area contributed by atoms with Crippen molar-refractivity contribution in [1.29, 1.82) is 0 Å². The molecule has 0 saturated carbocycles. The number of hydrogen-bond donors (Lipinski definition) is 1. The van der Waals surface area contributed by atoms with Crippen molar-refractivity contribution in [1.82, 2.24) is 4.90 Å². The van der Waals surface area contributed by atoms with Crippen LogP contribution in [0.25, 0.3) is 0 Å². The third-order valence-electron chi connectivity index (χ3n) is 4.12. The van der Waals surface area contributed by atoms with E-state index in [2.05, 4.69) is 36.1 Å². The number of anilines is 1. The molecule has 1 fully saturated rings. The van der Waals surface area contributed by atoms with Crippen molar-refractivity contribution < 1.29 is 9.90 Å². The topological polar surface area (TPSA) is 43.8 Å². The van der Waals surface area contributed by atoms with E-state index in [0.717, 1.165) is 24.9 Å². The monoisotopic (exact) mass is 290 g/mol. The maximum absolute atomic E-state index is 12.1. The van der Waals surface area contributed by atoms with Gasteiger partial charge < -0.3 is 14.9 Å². The van der Waals surface area contributed by atoms with Crippen LogP contribution in [0.4, 0.5) is 5.69 Å². The van der Waals surface area contributed by atoms with Gasteiger partial charge in [-0.3, -0.25) is 4.79 Å². The lowest BCUT2D eigenvalue weighted by molar-refractivity contribution is -0.156. The normalized spacial score (nSPS) is 16.5. The van der Waals surface area contributed by atoms with Gasteiger partial charge in [0.25, 0.3) is 0 Å². The first-order valence-corrected chi connectivity index (χ1v) is 7.70. The molecule has 1 N–H and O–H groups in total. The Bertz CT molecular complexity index is 476. The molecule has 21 heavy (non-hydrogen) atoms. The lowest BCUT2D eigenvalue weighted by atomic mass is 9.89. The number of aryl methyl sites for hydroxylation is 1. The Labute approximate surface area is 127 Å². The summed E-state index contributed by atoms with van der Waals surface area (Å²) in [6.07, 6.45) is 3.01. The number of amides is 1. The quantitative estimate of drug-likeness (QED) is 0.872. The molecule has 2 rings (SSSR count). The summed E-state index contributed by atoms with van der Waals surface area (Å²) in [4.78, 5) is 15.9. The fraction of sp³-hybridized carbons (Fsp3) is 0.588. The number of carbonyl (C=O) groups excluding carboxylic acids is 1. The van der Waals surface area contributed by atoms with Gasteiger partial charge in [-0.2, -0.15) is 0 Å². The molecule has 0 aromatic heterocycles. The molecule has 1 aromatic carbocycles. The minimum atomic E-state index is -0.627. The van der Waals surface area contributed by atoms with Crippen LogP contribution in [0.5, 0.6) is 0 Å². The molecule has 116 valence electrons. The predicted molar refractivity (Wildman–Crippen MR) is 85.5 cm³/mol. The highest BCUT2D eigenvalue weighted by molar-refractivity contribution is 5.77. The van der Waals surface area contributed by atoms with Crippen molar-refractivity contribution in [3.05, 3.63) is 29.8 Å². The highest BCUT2D eigenvalue weighted by Crippen LogP contribution is 2.26. The summed E-state index contributed by atoms with van der Waals surface area (Å²) in [6.45, 7) is 3.05. The van der Waals surface area contributed by atoms with Crippen molar-refractivity contribution in [3.8, 4) is 0 Å². The van der Waals surface area contributed by atoms with E-state index in [4.69, 9.17) is 0 Å². The Morgan fingerprint density at radius 1 is 1.29 bits per heavy atom. The lowest BCUT2D eigenvalue weighted by Gasteiger charge is -2.46. The highest BCUT2D eigenvalue weighted by atomic mass is 16.3. The summed E-state index contributed by atoms with van der Waals surface area (Å²) in [5.41, 5.74) is 1.72. The van der Waals surface area contributed by atoms with Crippen molar-refractivity contribution in [3.63, 3.8) is 0 Å². The Hall–Kier alpha value is -1.55. The molecule has 0 unspecified atom stereocenters. The average Bonchev–Trinajstić information content (AvgIpc) is 2.42. The van der Waals surface area contributed by atoms with Gasteiger partial charge in [0.05, 0.1) is 18.7 Å². The maximum Gasteiger partial charge on any atom is 0.223 e. The molecule has 0 aliphatic carbocycles. The maximum atomic E-state index is 12.1. The van der Waals surface area contributed by atoms with Gasteiger partial charge in [-0.25, -0.2) is 0 Å². The van der Waals surface area contributed by atoms with Gasteiger partial charge in [-0.1, -0.05) is 25.5 Å². The Kier molecular flexibility index (Phi) is 4.88. The zero-order valence-corrected chi connectivity index (χ0v) is 13.3. The minimum absolute atomic E-state index is 0.146. The number of β-amino-alcohol motifs (C(OH)–C–C–N with tert-alkyl or cyclic N) is 1. The summed E-state index contributed by atoms with van der Waals surface area (Å²) in [7, 11) is 4.03. The molecule has 1 aromatic rings. The second-order valence-electron chi connectivity index (χ2n) is 6.29. The van der Waals surface area contributed by atoms with Crippen molar-refractivity contribution in [2.45, 2.75) is 38.2 Å². The molecular weight excluding hydrogens is 264 g/mol. The van der Waals surface area contributed by atoms with E-state index in [1.165, 1.54) is 5.56 Å². The first-order valence-electron chi connectivity index (χ1n) is 7.70. The number of likely N-dealkylation sites (tertiary alicyclic amines) is 1. The summed E-state index contributed by atoms with van der Waals surface area (Å²) in [5.74, 6) is 0.146.